The van der Waals surface area contributed by atoms with Gasteiger partial charge in [0.1, 0.15) is 12.4 Å². The molecule has 0 bridgehead atoms. The molecule has 5 heteroatoms. The molecule has 0 amide bonds. The molecule has 2 atom stereocenters. The summed E-state index contributed by atoms with van der Waals surface area (Å²) in [4.78, 5) is 2.42. The molecule has 0 aliphatic carbocycles. The topological polar surface area (TPSA) is 37.0 Å². The quantitative estimate of drug-likeness (QED) is 0.777. The zero-order chi connectivity index (χ0) is 15.9. The van der Waals surface area contributed by atoms with E-state index in [1.165, 1.54) is 5.56 Å². The first-order valence-corrected chi connectivity index (χ1v) is 8.04. The molecule has 0 radical (unpaired) electrons. The van der Waals surface area contributed by atoms with Crippen molar-refractivity contribution in [2.75, 3.05) is 40.3 Å². The van der Waals surface area contributed by atoms with E-state index < -0.39 is 0 Å². The summed E-state index contributed by atoms with van der Waals surface area (Å²) in [6.07, 6.45) is 0.612. The van der Waals surface area contributed by atoms with E-state index in [0.717, 1.165) is 31.9 Å². The van der Waals surface area contributed by atoms with E-state index in [0.29, 0.717) is 18.8 Å². The second-order valence-corrected chi connectivity index (χ2v) is 6.20. The molecule has 0 saturated carbocycles. The van der Waals surface area contributed by atoms with Gasteiger partial charge in [-0.3, -0.25) is 15.3 Å². The molecule has 1 saturated heterocycles. The highest BCUT2D eigenvalue weighted by Gasteiger charge is 2.21. The van der Waals surface area contributed by atoms with Gasteiger partial charge in [0.05, 0.1) is 12.2 Å². The Morgan fingerprint density at radius 1 is 1.23 bits per heavy atom. The lowest BCUT2D eigenvalue weighted by Crippen LogP contribution is -2.46. The molecule has 22 heavy (non-hydrogen) atoms. The van der Waals surface area contributed by atoms with E-state index in [1.54, 1.807) is 0 Å². The molecule has 1 N–H and O–H groups in total. The lowest BCUT2D eigenvalue weighted by atomic mass is 10.2. The van der Waals surface area contributed by atoms with Gasteiger partial charge in [0, 0.05) is 45.8 Å². The van der Waals surface area contributed by atoms with Crippen molar-refractivity contribution in [2.45, 2.75) is 32.6 Å². The normalized spacial score (nSPS) is 23.0. The maximum Gasteiger partial charge on any atom is 0.123 e. The van der Waals surface area contributed by atoms with Gasteiger partial charge in [0.25, 0.3) is 0 Å². The maximum absolute atomic E-state index is 6.00. The number of ether oxygens (including phenoxy) is 2. The predicted octanol–water partition coefficient (Wildman–Crippen LogP) is 1.74. The van der Waals surface area contributed by atoms with Crippen molar-refractivity contribution in [1.29, 1.82) is 0 Å². The van der Waals surface area contributed by atoms with E-state index >= 15 is 0 Å². The van der Waals surface area contributed by atoms with Crippen LogP contribution in [-0.2, 0) is 11.3 Å². The van der Waals surface area contributed by atoms with Crippen molar-refractivity contribution in [1.82, 2.24) is 15.3 Å². The minimum absolute atomic E-state index is 0.306. The number of nitrogens with zero attached hydrogens (tertiary/aromatic N) is 2. The van der Waals surface area contributed by atoms with Gasteiger partial charge >= 0.3 is 0 Å². The molecule has 1 aliphatic rings. The molecule has 2 unspecified atom stereocenters. The third-order valence-corrected chi connectivity index (χ3v) is 3.72. The monoisotopic (exact) mass is 307 g/mol. The predicted molar refractivity (Wildman–Crippen MR) is 88.9 cm³/mol. The summed E-state index contributed by atoms with van der Waals surface area (Å²) in [5.41, 5.74) is 4.46. The number of rotatable bonds is 7. The Hall–Kier alpha value is -1.14. The van der Waals surface area contributed by atoms with Gasteiger partial charge < -0.3 is 9.47 Å². The smallest absolute Gasteiger partial charge is 0.123 e. The number of benzene rings is 1. The number of nitrogens with one attached hydrogen (secondary N) is 1. The van der Waals surface area contributed by atoms with Gasteiger partial charge in [0.2, 0.25) is 0 Å². The Bertz CT molecular complexity index is 443. The van der Waals surface area contributed by atoms with Crippen LogP contribution < -0.4 is 10.2 Å². The standard InChI is InChI=1S/C17H29N3O2/c1-14-12-20(13-15(2)22-14)9-10-21-17-8-6-5-7-16(17)11-18-19(3)4/h5-8,14-15,18H,9-13H2,1-4H3. The third kappa shape index (κ3) is 5.57. The molecule has 1 heterocycles. The summed E-state index contributed by atoms with van der Waals surface area (Å²) >= 11 is 0. The molecule has 1 aromatic carbocycles. The van der Waals surface area contributed by atoms with Crippen molar-refractivity contribution in [3.8, 4) is 5.75 Å². The lowest BCUT2D eigenvalue weighted by Gasteiger charge is -2.35. The molecule has 1 aromatic rings. The highest BCUT2D eigenvalue weighted by atomic mass is 16.5. The van der Waals surface area contributed by atoms with Crippen LogP contribution in [0.2, 0.25) is 0 Å². The zero-order valence-electron chi connectivity index (χ0n) is 14.2. The van der Waals surface area contributed by atoms with Gasteiger partial charge in [-0.15, -0.1) is 0 Å². The van der Waals surface area contributed by atoms with Crippen molar-refractivity contribution < 1.29 is 9.47 Å². The Labute approximate surface area is 134 Å². The van der Waals surface area contributed by atoms with Crippen molar-refractivity contribution in [2.24, 2.45) is 0 Å². The van der Waals surface area contributed by atoms with Gasteiger partial charge in [-0.2, -0.15) is 0 Å². The second kappa shape index (κ2) is 8.48. The minimum Gasteiger partial charge on any atom is -0.492 e. The van der Waals surface area contributed by atoms with Gasteiger partial charge in [-0.1, -0.05) is 18.2 Å². The van der Waals surface area contributed by atoms with Crippen LogP contribution in [-0.4, -0.2) is 62.5 Å². The molecule has 0 spiro atoms. The van der Waals surface area contributed by atoms with Crippen LogP contribution >= 0.6 is 0 Å². The molecule has 5 nitrogen and oxygen atoms in total. The number of hydrogen-bond donors (Lipinski definition) is 1. The molecule has 124 valence electrons. The van der Waals surface area contributed by atoms with Crippen molar-refractivity contribution >= 4 is 0 Å². The summed E-state index contributed by atoms with van der Waals surface area (Å²) in [5.74, 6) is 0.964. The van der Waals surface area contributed by atoms with Gasteiger partial charge in [-0.05, 0) is 19.9 Å². The Kier molecular flexibility index (Phi) is 6.64. The average molecular weight is 307 g/mol. The van der Waals surface area contributed by atoms with Crippen LogP contribution in [0.5, 0.6) is 5.75 Å². The van der Waals surface area contributed by atoms with E-state index in [-0.39, 0.29) is 0 Å². The molecule has 0 aromatic heterocycles. The summed E-state index contributed by atoms with van der Waals surface area (Å²) in [7, 11) is 3.98. The third-order valence-electron chi connectivity index (χ3n) is 3.72. The van der Waals surface area contributed by atoms with E-state index in [1.807, 2.05) is 37.3 Å². The highest BCUT2D eigenvalue weighted by molar-refractivity contribution is 5.33. The Balaban J connectivity index is 1.81. The van der Waals surface area contributed by atoms with Crippen LogP contribution in [0.25, 0.3) is 0 Å². The largest absolute Gasteiger partial charge is 0.492 e. The van der Waals surface area contributed by atoms with Crippen LogP contribution in [0.3, 0.4) is 0 Å². The highest BCUT2D eigenvalue weighted by Crippen LogP contribution is 2.18. The van der Waals surface area contributed by atoms with Crippen molar-refractivity contribution in [3.63, 3.8) is 0 Å². The van der Waals surface area contributed by atoms with Crippen LogP contribution in [0.15, 0.2) is 24.3 Å². The SMILES string of the molecule is CC1CN(CCOc2ccccc2CNN(C)C)CC(C)O1. The number of hydrogen-bond acceptors (Lipinski definition) is 5. The number of para-hydroxylation sites is 1. The summed E-state index contributed by atoms with van der Waals surface area (Å²) in [5, 5.41) is 1.95. The molecule has 1 aliphatic heterocycles. The molecule has 1 fully saturated rings. The van der Waals surface area contributed by atoms with Crippen LogP contribution in [0.4, 0.5) is 0 Å². The summed E-state index contributed by atoms with van der Waals surface area (Å²) < 4.78 is 11.8. The first kappa shape index (κ1) is 17.2. The van der Waals surface area contributed by atoms with Gasteiger partial charge in [0.15, 0.2) is 0 Å². The Morgan fingerprint density at radius 3 is 2.59 bits per heavy atom. The number of hydrazine groups is 1. The summed E-state index contributed by atoms with van der Waals surface area (Å²) in [6, 6.07) is 8.21. The maximum atomic E-state index is 6.00. The summed E-state index contributed by atoms with van der Waals surface area (Å²) in [6.45, 7) is 8.65. The van der Waals surface area contributed by atoms with E-state index in [2.05, 4.69) is 30.2 Å². The molecule has 2 rings (SSSR count). The first-order chi connectivity index (χ1) is 10.5. The van der Waals surface area contributed by atoms with Crippen LogP contribution in [0, 0.1) is 0 Å². The first-order valence-electron chi connectivity index (χ1n) is 8.04. The molecular weight excluding hydrogens is 278 g/mol. The molecular formula is C17H29N3O2. The fraction of sp³-hybridized carbons (Fsp3) is 0.647. The van der Waals surface area contributed by atoms with Crippen molar-refractivity contribution in [3.05, 3.63) is 29.8 Å². The lowest BCUT2D eigenvalue weighted by molar-refractivity contribution is -0.0699. The minimum atomic E-state index is 0.306. The zero-order valence-corrected chi connectivity index (χ0v) is 14.2. The average Bonchev–Trinajstić information content (AvgIpc) is 2.45. The van der Waals surface area contributed by atoms with E-state index in [9.17, 15) is 0 Å². The number of morpholine rings is 1. The fourth-order valence-corrected chi connectivity index (χ4v) is 2.79. The van der Waals surface area contributed by atoms with E-state index in [4.69, 9.17) is 9.47 Å². The van der Waals surface area contributed by atoms with Gasteiger partial charge in [-0.25, -0.2) is 0 Å². The van der Waals surface area contributed by atoms with Crippen LogP contribution in [0.1, 0.15) is 19.4 Å². The Morgan fingerprint density at radius 2 is 1.91 bits per heavy atom. The second-order valence-electron chi connectivity index (χ2n) is 6.20. The fourth-order valence-electron chi connectivity index (χ4n) is 2.79.